The van der Waals surface area contributed by atoms with E-state index in [1.165, 1.54) is 4.88 Å². The van der Waals surface area contributed by atoms with Crippen molar-refractivity contribution in [2.75, 3.05) is 6.54 Å². The van der Waals surface area contributed by atoms with E-state index in [0.29, 0.717) is 6.54 Å². The number of hydrogen-bond acceptors (Lipinski definition) is 3. The van der Waals surface area contributed by atoms with Gasteiger partial charge >= 0.3 is 0 Å². The van der Waals surface area contributed by atoms with Crippen LogP contribution in [0.5, 0.6) is 0 Å². The van der Waals surface area contributed by atoms with Crippen LogP contribution in [-0.2, 0) is 10.2 Å². The van der Waals surface area contributed by atoms with Crippen molar-refractivity contribution in [2.24, 2.45) is 5.73 Å². The maximum absolute atomic E-state index is 11.8. The van der Waals surface area contributed by atoms with Crippen LogP contribution < -0.4 is 11.1 Å². The fourth-order valence-electron chi connectivity index (χ4n) is 1.75. The monoisotopic (exact) mass is 268 g/mol. The number of nitrogens with two attached hydrogens (primary N) is 1. The normalized spacial score (nSPS) is 13.3. The summed E-state index contributed by atoms with van der Waals surface area (Å²) in [6.45, 7) is 7.00. The van der Waals surface area contributed by atoms with Gasteiger partial charge in [-0.2, -0.15) is 0 Å². The molecule has 1 aromatic heterocycles. The van der Waals surface area contributed by atoms with E-state index in [9.17, 15) is 4.79 Å². The molecule has 0 radical (unpaired) electrons. The molecule has 0 aliphatic rings. The maximum Gasteiger partial charge on any atom is 0.236 e. The summed E-state index contributed by atoms with van der Waals surface area (Å²) in [7, 11) is 0. The van der Waals surface area contributed by atoms with Gasteiger partial charge in [-0.05, 0) is 17.9 Å². The first-order valence-electron chi connectivity index (χ1n) is 6.54. The molecule has 3 nitrogen and oxygen atoms in total. The Morgan fingerprint density at radius 3 is 2.83 bits per heavy atom. The molecule has 1 rings (SSSR count). The van der Waals surface area contributed by atoms with Crippen LogP contribution in [0.15, 0.2) is 17.5 Å². The largest absolute Gasteiger partial charge is 0.354 e. The van der Waals surface area contributed by atoms with Gasteiger partial charge in [0.05, 0.1) is 6.04 Å². The number of amides is 1. The lowest BCUT2D eigenvalue weighted by atomic mass is 9.91. The average molecular weight is 268 g/mol. The first-order chi connectivity index (χ1) is 8.47. The minimum Gasteiger partial charge on any atom is -0.354 e. The van der Waals surface area contributed by atoms with Gasteiger partial charge in [0.15, 0.2) is 0 Å². The van der Waals surface area contributed by atoms with Crippen LogP contribution in [0.3, 0.4) is 0 Å². The van der Waals surface area contributed by atoms with Crippen molar-refractivity contribution in [1.29, 1.82) is 0 Å². The Balaban J connectivity index is 2.42. The molecule has 0 spiro atoms. The number of hydrogen-bond donors (Lipinski definition) is 2. The zero-order valence-electron chi connectivity index (χ0n) is 11.5. The van der Waals surface area contributed by atoms with Crippen LogP contribution in [0, 0.1) is 0 Å². The van der Waals surface area contributed by atoms with Gasteiger partial charge in [-0.3, -0.25) is 4.79 Å². The zero-order valence-corrected chi connectivity index (χ0v) is 12.3. The molecule has 0 aliphatic heterocycles. The highest BCUT2D eigenvalue weighted by atomic mass is 32.1. The van der Waals surface area contributed by atoms with Crippen LogP contribution in [0.1, 0.15) is 44.9 Å². The minimum absolute atomic E-state index is 0.0334. The minimum atomic E-state index is -0.371. The van der Waals surface area contributed by atoms with E-state index in [2.05, 4.69) is 37.5 Å². The molecule has 0 saturated heterocycles. The Kier molecular flexibility index (Phi) is 5.82. The Hall–Kier alpha value is -0.870. The SMILES string of the molecule is CCCCC(N)C(=O)NCC(C)(C)c1cccs1. The molecule has 1 amide bonds. The molecular weight excluding hydrogens is 244 g/mol. The van der Waals surface area contributed by atoms with Crippen LogP contribution in [-0.4, -0.2) is 18.5 Å². The summed E-state index contributed by atoms with van der Waals surface area (Å²) in [4.78, 5) is 13.1. The molecule has 3 N–H and O–H groups in total. The number of nitrogens with one attached hydrogen (secondary N) is 1. The van der Waals surface area contributed by atoms with E-state index in [1.54, 1.807) is 11.3 Å². The third-order valence-corrected chi connectivity index (χ3v) is 4.33. The van der Waals surface area contributed by atoms with Crippen LogP contribution >= 0.6 is 11.3 Å². The van der Waals surface area contributed by atoms with Gasteiger partial charge < -0.3 is 11.1 Å². The number of carbonyl (C=O) groups is 1. The molecule has 102 valence electrons. The number of rotatable bonds is 7. The first-order valence-corrected chi connectivity index (χ1v) is 7.42. The van der Waals surface area contributed by atoms with Crippen molar-refractivity contribution in [1.82, 2.24) is 5.32 Å². The van der Waals surface area contributed by atoms with E-state index in [0.717, 1.165) is 19.3 Å². The molecule has 1 aromatic rings. The fourth-order valence-corrected chi connectivity index (χ4v) is 2.60. The predicted molar refractivity (Wildman–Crippen MR) is 77.9 cm³/mol. The predicted octanol–water partition coefficient (Wildman–Crippen LogP) is 2.66. The smallest absolute Gasteiger partial charge is 0.236 e. The van der Waals surface area contributed by atoms with Gasteiger partial charge in [0.1, 0.15) is 0 Å². The molecule has 1 heterocycles. The Morgan fingerprint density at radius 2 is 2.28 bits per heavy atom. The van der Waals surface area contributed by atoms with E-state index >= 15 is 0 Å². The lowest BCUT2D eigenvalue weighted by Crippen LogP contribution is -2.45. The highest BCUT2D eigenvalue weighted by Crippen LogP contribution is 2.26. The molecule has 0 aliphatic carbocycles. The molecule has 4 heteroatoms. The molecule has 1 unspecified atom stereocenters. The standard InChI is InChI=1S/C14H24N2OS/c1-4-5-7-11(15)13(17)16-10-14(2,3)12-8-6-9-18-12/h6,8-9,11H,4-5,7,10,15H2,1-3H3,(H,16,17). The lowest BCUT2D eigenvalue weighted by Gasteiger charge is -2.24. The molecular formula is C14H24N2OS. The van der Waals surface area contributed by atoms with Gasteiger partial charge in [-0.15, -0.1) is 11.3 Å². The molecule has 1 atom stereocenters. The maximum atomic E-state index is 11.8. The topological polar surface area (TPSA) is 55.1 Å². The van der Waals surface area contributed by atoms with Crippen molar-refractivity contribution in [3.8, 4) is 0 Å². The third kappa shape index (κ3) is 4.42. The van der Waals surface area contributed by atoms with Crippen molar-refractivity contribution in [3.05, 3.63) is 22.4 Å². The van der Waals surface area contributed by atoms with E-state index < -0.39 is 0 Å². The van der Waals surface area contributed by atoms with Gasteiger partial charge in [0.25, 0.3) is 0 Å². The molecule has 18 heavy (non-hydrogen) atoms. The van der Waals surface area contributed by atoms with Crippen molar-refractivity contribution >= 4 is 17.2 Å². The van der Waals surface area contributed by atoms with Gasteiger partial charge in [0, 0.05) is 16.8 Å². The summed E-state index contributed by atoms with van der Waals surface area (Å²) < 4.78 is 0. The van der Waals surface area contributed by atoms with Crippen LogP contribution in [0.25, 0.3) is 0 Å². The quantitative estimate of drug-likeness (QED) is 0.799. The molecule has 0 saturated carbocycles. The number of carbonyl (C=O) groups excluding carboxylic acids is 1. The van der Waals surface area contributed by atoms with Crippen molar-refractivity contribution in [2.45, 2.75) is 51.5 Å². The fraction of sp³-hybridized carbons (Fsp3) is 0.643. The van der Waals surface area contributed by atoms with Gasteiger partial charge in [-0.1, -0.05) is 39.7 Å². The second-order valence-electron chi connectivity index (χ2n) is 5.33. The Morgan fingerprint density at radius 1 is 1.56 bits per heavy atom. The van der Waals surface area contributed by atoms with Crippen molar-refractivity contribution in [3.63, 3.8) is 0 Å². The van der Waals surface area contributed by atoms with Crippen LogP contribution in [0.4, 0.5) is 0 Å². The first kappa shape index (κ1) is 15.2. The van der Waals surface area contributed by atoms with Gasteiger partial charge in [-0.25, -0.2) is 0 Å². The Bertz CT molecular complexity index is 360. The number of thiophene rings is 1. The van der Waals surface area contributed by atoms with E-state index in [-0.39, 0.29) is 17.4 Å². The summed E-state index contributed by atoms with van der Waals surface area (Å²) in [5.41, 5.74) is 5.81. The lowest BCUT2D eigenvalue weighted by molar-refractivity contribution is -0.122. The Labute approximate surface area is 114 Å². The second kappa shape index (κ2) is 6.90. The summed E-state index contributed by atoms with van der Waals surface area (Å²) in [6.07, 6.45) is 2.84. The summed E-state index contributed by atoms with van der Waals surface area (Å²) >= 11 is 1.72. The highest BCUT2D eigenvalue weighted by molar-refractivity contribution is 7.10. The summed E-state index contributed by atoms with van der Waals surface area (Å²) in [5.74, 6) is -0.0342. The molecule has 0 aromatic carbocycles. The number of unbranched alkanes of at least 4 members (excludes halogenated alkanes) is 1. The second-order valence-corrected chi connectivity index (χ2v) is 6.28. The molecule has 0 bridgehead atoms. The summed E-state index contributed by atoms with van der Waals surface area (Å²) in [5, 5.41) is 5.02. The van der Waals surface area contributed by atoms with Crippen LogP contribution in [0.2, 0.25) is 0 Å². The third-order valence-electron chi connectivity index (χ3n) is 3.10. The molecule has 0 fully saturated rings. The van der Waals surface area contributed by atoms with E-state index in [4.69, 9.17) is 5.73 Å². The average Bonchev–Trinajstić information content (AvgIpc) is 2.87. The highest BCUT2D eigenvalue weighted by Gasteiger charge is 2.23. The van der Waals surface area contributed by atoms with E-state index in [1.807, 2.05) is 6.07 Å². The van der Waals surface area contributed by atoms with Gasteiger partial charge in [0.2, 0.25) is 5.91 Å². The summed E-state index contributed by atoms with van der Waals surface area (Å²) in [6, 6.07) is 3.77. The zero-order chi connectivity index (χ0) is 13.6. The van der Waals surface area contributed by atoms with Crippen molar-refractivity contribution < 1.29 is 4.79 Å².